The molecule has 1 atom stereocenters. The number of ether oxygens (including phenoxy) is 1. The zero-order valence-corrected chi connectivity index (χ0v) is 23.1. The molecule has 2 aromatic heterocycles. The SMILES string of the molecule is CC1CN(C(=O)CSc2nnc(-c3cccs3)n2-c2ccccc2)CCN1C(=O)COc1ccc(Cl)cc1. The summed E-state index contributed by atoms with van der Waals surface area (Å²) < 4.78 is 7.60. The first-order chi connectivity index (χ1) is 18.5. The predicted molar refractivity (Wildman–Crippen MR) is 150 cm³/mol. The molecule has 0 radical (unpaired) electrons. The molecule has 1 unspecified atom stereocenters. The molecule has 0 aliphatic carbocycles. The second-order valence-corrected chi connectivity index (χ2v) is 11.1. The van der Waals surface area contributed by atoms with Crippen molar-refractivity contribution in [3.63, 3.8) is 0 Å². The zero-order valence-electron chi connectivity index (χ0n) is 20.7. The van der Waals surface area contributed by atoms with Gasteiger partial charge in [0.05, 0.1) is 10.6 Å². The number of aromatic nitrogens is 3. The summed E-state index contributed by atoms with van der Waals surface area (Å²) in [5.41, 5.74) is 0.942. The van der Waals surface area contributed by atoms with Gasteiger partial charge in [-0.1, -0.05) is 47.6 Å². The largest absolute Gasteiger partial charge is 0.484 e. The number of amides is 2. The lowest BCUT2D eigenvalue weighted by atomic mass is 10.2. The molecule has 1 aliphatic rings. The minimum atomic E-state index is -0.113. The van der Waals surface area contributed by atoms with Crippen molar-refractivity contribution in [3.05, 3.63) is 77.1 Å². The van der Waals surface area contributed by atoms with Crippen LogP contribution in [0.3, 0.4) is 0 Å². The Morgan fingerprint density at radius 3 is 2.53 bits per heavy atom. The molecule has 1 fully saturated rings. The van der Waals surface area contributed by atoms with E-state index in [2.05, 4.69) is 10.2 Å². The van der Waals surface area contributed by atoms with E-state index in [1.54, 1.807) is 40.5 Å². The minimum Gasteiger partial charge on any atom is -0.484 e. The molecular weight excluding hydrogens is 542 g/mol. The summed E-state index contributed by atoms with van der Waals surface area (Å²) in [5.74, 6) is 1.47. The van der Waals surface area contributed by atoms with Gasteiger partial charge in [-0.3, -0.25) is 14.2 Å². The molecule has 2 aromatic carbocycles. The van der Waals surface area contributed by atoms with Gasteiger partial charge in [0, 0.05) is 36.4 Å². The number of para-hydroxylation sites is 1. The first kappa shape index (κ1) is 26.3. The predicted octanol–water partition coefficient (Wildman–Crippen LogP) is 4.88. The van der Waals surface area contributed by atoms with E-state index in [0.717, 1.165) is 16.4 Å². The Balaban J connectivity index is 1.18. The minimum absolute atomic E-state index is 0.00616. The standard InChI is InChI=1S/C27H26ClN5O3S2/c1-19-16-31(13-14-32(19)24(34)17-36-22-11-9-20(28)10-12-22)25(35)18-38-27-30-29-26(23-8-5-15-37-23)33(27)21-6-3-2-4-7-21/h2-12,15,19H,13-14,16-18H2,1H3. The van der Waals surface area contributed by atoms with Crippen LogP contribution in [0.1, 0.15) is 6.92 Å². The van der Waals surface area contributed by atoms with Gasteiger partial charge < -0.3 is 14.5 Å². The molecule has 5 rings (SSSR count). The highest BCUT2D eigenvalue weighted by atomic mass is 35.5. The molecule has 1 aliphatic heterocycles. The molecule has 0 N–H and O–H groups in total. The van der Waals surface area contributed by atoms with Crippen LogP contribution in [0.15, 0.2) is 77.3 Å². The van der Waals surface area contributed by atoms with Crippen LogP contribution in [0, 0.1) is 0 Å². The molecule has 1 saturated heterocycles. The first-order valence-electron chi connectivity index (χ1n) is 12.1. The van der Waals surface area contributed by atoms with Crippen molar-refractivity contribution < 1.29 is 14.3 Å². The lowest BCUT2D eigenvalue weighted by Gasteiger charge is -2.39. The van der Waals surface area contributed by atoms with Gasteiger partial charge in [-0.2, -0.15) is 0 Å². The van der Waals surface area contributed by atoms with Crippen molar-refractivity contribution in [2.24, 2.45) is 0 Å². The fourth-order valence-corrected chi connectivity index (χ4v) is 5.95. The Labute approximate surface area is 234 Å². The third-order valence-electron chi connectivity index (χ3n) is 6.19. The van der Waals surface area contributed by atoms with Crippen LogP contribution in [0.2, 0.25) is 5.02 Å². The fraction of sp³-hybridized carbons (Fsp3) is 0.259. The van der Waals surface area contributed by atoms with Gasteiger partial charge in [-0.05, 0) is 54.8 Å². The van der Waals surface area contributed by atoms with Crippen molar-refractivity contribution in [3.8, 4) is 22.1 Å². The van der Waals surface area contributed by atoms with Crippen LogP contribution >= 0.6 is 34.7 Å². The molecular formula is C27H26ClN5O3S2. The Hall–Kier alpha value is -3.34. The summed E-state index contributed by atoms with van der Waals surface area (Å²) in [6.45, 7) is 3.30. The highest BCUT2D eigenvalue weighted by Crippen LogP contribution is 2.30. The average molecular weight is 568 g/mol. The number of piperazine rings is 1. The fourth-order valence-electron chi connectivity index (χ4n) is 4.27. The number of hydrogen-bond acceptors (Lipinski definition) is 7. The van der Waals surface area contributed by atoms with E-state index in [4.69, 9.17) is 16.3 Å². The molecule has 3 heterocycles. The second-order valence-electron chi connectivity index (χ2n) is 8.76. The summed E-state index contributed by atoms with van der Waals surface area (Å²) in [7, 11) is 0. The summed E-state index contributed by atoms with van der Waals surface area (Å²) in [5, 5.41) is 12.1. The number of halogens is 1. The van der Waals surface area contributed by atoms with E-state index >= 15 is 0 Å². The average Bonchev–Trinajstić information content (AvgIpc) is 3.62. The van der Waals surface area contributed by atoms with Crippen LogP contribution < -0.4 is 4.74 Å². The number of thioether (sulfide) groups is 1. The number of carbonyl (C=O) groups is 2. The quantitative estimate of drug-likeness (QED) is 0.282. The third kappa shape index (κ3) is 6.03. The Morgan fingerprint density at radius 1 is 1.03 bits per heavy atom. The van der Waals surface area contributed by atoms with Gasteiger partial charge in [-0.25, -0.2) is 0 Å². The van der Waals surface area contributed by atoms with E-state index in [9.17, 15) is 9.59 Å². The normalized spacial score (nSPS) is 15.5. The highest BCUT2D eigenvalue weighted by molar-refractivity contribution is 7.99. The van der Waals surface area contributed by atoms with E-state index in [-0.39, 0.29) is 30.2 Å². The van der Waals surface area contributed by atoms with Gasteiger partial charge >= 0.3 is 0 Å². The summed E-state index contributed by atoms with van der Waals surface area (Å²) >= 11 is 8.86. The van der Waals surface area contributed by atoms with Crippen LogP contribution in [-0.2, 0) is 9.59 Å². The number of carbonyl (C=O) groups excluding carboxylic acids is 2. The number of rotatable bonds is 8. The van der Waals surface area contributed by atoms with Crippen LogP contribution in [0.25, 0.3) is 16.4 Å². The molecule has 38 heavy (non-hydrogen) atoms. The number of nitrogens with zero attached hydrogens (tertiary/aromatic N) is 5. The molecule has 0 spiro atoms. The first-order valence-corrected chi connectivity index (χ1v) is 14.4. The van der Waals surface area contributed by atoms with Crippen LogP contribution in [-0.4, -0.2) is 74.4 Å². The second kappa shape index (κ2) is 12.0. The maximum atomic E-state index is 13.1. The maximum absolute atomic E-state index is 13.1. The van der Waals surface area contributed by atoms with E-state index in [0.29, 0.717) is 35.6 Å². The Morgan fingerprint density at radius 2 is 1.82 bits per heavy atom. The molecule has 11 heteroatoms. The monoisotopic (exact) mass is 567 g/mol. The van der Waals surface area contributed by atoms with Crippen LogP contribution in [0.5, 0.6) is 5.75 Å². The topological polar surface area (TPSA) is 80.6 Å². The summed E-state index contributed by atoms with van der Waals surface area (Å²) in [6, 6.07) is 20.7. The molecule has 4 aromatic rings. The highest BCUT2D eigenvalue weighted by Gasteiger charge is 2.30. The van der Waals surface area contributed by atoms with Gasteiger partial charge in [-0.15, -0.1) is 21.5 Å². The van der Waals surface area contributed by atoms with Crippen LogP contribution in [0.4, 0.5) is 0 Å². The van der Waals surface area contributed by atoms with E-state index in [1.807, 2.05) is 64.2 Å². The smallest absolute Gasteiger partial charge is 0.260 e. The van der Waals surface area contributed by atoms with Gasteiger partial charge in [0.1, 0.15) is 5.75 Å². The Bertz CT molecular complexity index is 1380. The zero-order chi connectivity index (χ0) is 26.5. The van der Waals surface area contributed by atoms with E-state index in [1.165, 1.54) is 11.8 Å². The van der Waals surface area contributed by atoms with Gasteiger partial charge in [0.2, 0.25) is 5.91 Å². The summed E-state index contributed by atoms with van der Waals surface area (Å²) in [6.07, 6.45) is 0. The van der Waals surface area contributed by atoms with E-state index < -0.39 is 0 Å². The lowest BCUT2D eigenvalue weighted by molar-refractivity contribution is -0.142. The van der Waals surface area contributed by atoms with Gasteiger partial charge in [0.25, 0.3) is 5.91 Å². The van der Waals surface area contributed by atoms with Crippen molar-refractivity contribution >= 4 is 46.5 Å². The molecule has 0 saturated carbocycles. The van der Waals surface area contributed by atoms with Crippen molar-refractivity contribution in [1.82, 2.24) is 24.6 Å². The molecule has 0 bridgehead atoms. The van der Waals surface area contributed by atoms with Crippen molar-refractivity contribution in [2.45, 2.75) is 18.1 Å². The number of thiophene rings is 1. The van der Waals surface area contributed by atoms with Gasteiger partial charge in [0.15, 0.2) is 17.6 Å². The lowest BCUT2D eigenvalue weighted by Crippen LogP contribution is -2.56. The molecule has 196 valence electrons. The van der Waals surface area contributed by atoms with Crippen molar-refractivity contribution in [2.75, 3.05) is 32.0 Å². The maximum Gasteiger partial charge on any atom is 0.260 e. The molecule has 2 amide bonds. The number of hydrogen-bond donors (Lipinski definition) is 0. The summed E-state index contributed by atoms with van der Waals surface area (Å²) in [4.78, 5) is 30.5. The Kier molecular flexibility index (Phi) is 8.31. The van der Waals surface area contributed by atoms with Crippen molar-refractivity contribution in [1.29, 1.82) is 0 Å². The number of benzene rings is 2. The third-order valence-corrected chi connectivity index (χ3v) is 8.22. The molecule has 8 nitrogen and oxygen atoms in total.